The molecule has 8 heteroatoms. The maximum absolute atomic E-state index is 13.3. The van der Waals surface area contributed by atoms with E-state index in [1.54, 1.807) is 6.20 Å². The van der Waals surface area contributed by atoms with Crippen LogP contribution in [0.15, 0.2) is 47.5 Å². The second-order valence-electron chi connectivity index (χ2n) is 5.58. The molecule has 1 aromatic heterocycles. The van der Waals surface area contributed by atoms with Crippen LogP contribution in [0.5, 0.6) is 0 Å². The highest BCUT2D eigenvalue weighted by atomic mass is 32.2. The molecule has 128 valence electrons. The van der Waals surface area contributed by atoms with Crippen LogP contribution in [0.4, 0.5) is 8.78 Å². The molecule has 0 bridgehead atoms. The lowest BCUT2D eigenvalue weighted by molar-refractivity contribution is 0.180. The van der Waals surface area contributed by atoms with Crippen molar-refractivity contribution in [3.63, 3.8) is 0 Å². The number of aromatic nitrogens is 1. The summed E-state index contributed by atoms with van der Waals surface area (Å²) in [6.07, 6.45) is 1.72. The van der Waals surface area contributed by atoms with Crippen LogP contribution >= 0.6 is 0 Å². The van der Waals surface area contributed by atoms with E-state index >= 15 is 0 Å². The van der Waals surface area contributed by atoms with Crippen LogP contribution in [0.3, 0.4) is 0 Å². The standard InChI is InChI=1S/C16H17F2N3O2S/c17-15-5-4-14(11-16(15)18)24(22,23)21-9-7-20(8-10-21)12-13-3-1-2-6-19-13/h1-6,11H,7-10,12H2. The van der Waals surface area contributed by atoms with Gasteiger partial charge in [-0.2, -0.15) is 4.31 Å². The lowest BCUT2D eigenvalue weighted by atomic mass is 10.3. The van der Waals surface area contributed by atoms with E-state index in [4.69, 9.17) is 0 Å². The molecule has 0 saturated carbocycles. The summed E-state index contributed by atoms with van der Waals surface area (Å²) < 4.78 is 52.6. The first kappa shape index (κ1) is 16.9. The smallest absolute Gasteiger partial charge is 0.243 e. The highest BCUT2D eigenvalue weighted by Crippen LogP contribution is 2.20. The number of benzene rings is 1. The fourth-order valence-corrected chi connectivity index (χ4v) is 4.07. The summed E-state index contributed by atoms with van der Waals surface area (Å²) in [4.78, 5) is 6.14. The first-order valence-electron chi connectivity index (χ1n) is 7.54. The lowest BCUT2D eigenvalue weighted by Gasteiger charge is -2.33. The normalized spacial score (nSPS) is 17.1. The molecule has 0 radical (unpaired) electrons. The number of sulfonamides is 1. The van der Waals surface area contributed by atoms with Crippen molar-refractivity contribution in [3.8, 4) is 0 Å². The van der Waals surface area contributed by atoms with Crippen molar-refractivity contribution in [1.82, 2.24) is 14.2 Å². The van der Waals surface area contributed by atoms with Gasteiger partial charge in [0.05, 0.1) is 10.6 Å². The number of halogens is 2. The average molecular weight is 353 g/mol. The molecule has 1 aromatic carbocycles. The molecule has 1 aliphatic rings. The van der Waals surface area contributed by atoms with Crippen molar-refractivity contribution in [2.24, 2.45) is 0 Å². The van der Waals surface area contributed by atoms with Crippen molar-refractivity contribution in [1.29, 1.82) is 0 Å². The number of nitrogens with zero attached hydrogens (tertiary/aromatic N) is 3. The fraction of sp³-hybridized carbons (Fsp3) is 0.312. The molecular formula is C16H17F2N3O2S. The largest absolute Gasteiger partial charge is 0.295 e. The van der Waals surface area contributed by atoms with E-state index in [9.17, 15) is 17.2 Å². The van der Waals surface area contributed by atoms with Gasteiger partial charge in [0, 0.05) is 38.9 Å². The van der Waals surface area contributed by atoms with Gasteiger partial charge in [-0.15, -0.1) is 0 Å². The zero-order valence-electron chi connectivity index (χ0n) is 12.9. The van der Waals surface area contributed by atoms with Gasteiger partial charge >= 0.3 is 0 Å². The SMILES string of the molecule is O=S(=O)(c1ccc(F)c(F)c1)N1CCN(Cc2ccccn2)CC1. The monoisotopic (exact) mass is 353 g/mol. The number of hydrogen-bond donors (Lipinski definition) is 0. The van der Waals surface area contributed by atoms with Gasteiger partial charge < -0.3 is 0 Å². The van der Waals surface area contributed by atoms with Gasteiger partial charge in [-0.25, -0.2) is 17.2 Å². The molecule has 2 aromatic rings. The van der Waals surface area contributed by atoms with Gasteiger partial charge in [0.1, 0.15) is 0 Å². The third-order valence-corrected chi connectivity index (χ3v) is 5.87. The molecule has 3 rings (SSSR count). The summed E-state index contributed by atoms with van der Waals surface area (Å²) >= 11 is 0. The molecule has 0 atom stereocenters. The predicted octanol–water partition coefficient (Wildman–Crippen LogP) is 1.87. The molecule has 0 aliphatic carbocycles. The molecule has 0 amide bonds. The molecule has 1 aliphatic heterocycles. The Morgan fingerprint density at radius 1 is 1.00 bits per heavy atom. The van der Waals surface area contributed by atoms with Crippen molar-refractivity contribution in [2.75, 3.05) is 26.2 Å². The Kier molecular flexibility index (Phi) is 4.88. The van der Waals surface area contributed by atoms with E-state index in [0.29, 0.717) is 32.7 Å². The van der Waals surface area contributed by atoms with Gasteiger partial charge in [-0.1, -0.05) is 6.07 Å². The van der Waals surface area contributed by atoms with Crippen molar-refractivity contribution in [2.45, 2.75) is 11.4 Å². The highest BCUT2D eigenvalue weighted by molar-refractivity contribution is 7.89. The zero-order valence-corrected chi connectivity index (χ0v) is 13.7. The van der Waals surface area contributed by atoms with Crippen LogP contribution in [-0.2, 0) is 16.6 Å². The van der Waals surface area contributed by atoms with E-state index < -0.39 is 21.7 Å². The van der Waals surface area contributed by atoms with Crippen LogP contribution in [0, 0.1) is 11.6 Å². The molecule has 1 fully saturated rings. The molecule has 5 nitrogen and oxygen atoms in total. The second-order valence-corrected chi connectivity index (χ2v) is 7.52. The topological polar surface area (TPSA) is 53.5 Å². The van der Waals surface area contributed by atoms with Gasteiger partial charge in [-0.05, 0) is 30.3 Å². The van der Waals surface area contributed by atoms with E-state index in [2.05, 4.69) is 9.88 Å². The third-order valence-electron chi connectivity index (χ3n) is 3.97. The Morgan fingerprint density at radius 3 is 2.38 bits per heavy atom. The van der Waals surface area contributed by atoms with Crippen molar-refractivity contribution in [3.05, 3.63) is 59.9 Å². The molecule has 2 heterocycles. The van der Waals surface area contributed by atoms with E-state index in [1.807, 2.05) is 18.2 Å². The molecule has 0 unspecified atom stereocenters. The Morgan fingerprint density at radius 2 is 1.75 bits per heavy atom. The Hall–Kier alpha value is -1.90. The Labute approximate surface area is 139 Å². The maximum atomic E-state index is 13.3. The Bertz CT molecular complexity index is 807. The van der Waals surface area contributed by atoms with Crippen LogP contribution in [-0.4, -0.2) is 48.8 Å². The molecule has 24 heavy (non-hydrogen) atoms. The summed E-state index contributed by atoms with van der Waals surface area (Å²) in [7, 11) is -3.81. The molecule has 0 N–H and O–H groups in total. The number of hydrogen-bond acceptors (Lipinski definition) is 4. The summed E-state index contributed by atoms with van der Waals surface area (Å²) in [6, 6.07) is 8.32. The fourth-order valence-electron chi connectivity index (χ4n) is 2.64. The summed E-state index contributed by atoms with van der Waals surface area (Å²) in [5.41, 5.74) is 0.925. The average Bonchev–Trinajstić information content (AvgIpc) is 2.58. The lowest BCUT2D eigenvalue weighted by Crippen LogP contribution is -2.48. The second kappa shape index (κ2) is 6.92. The Balaban J connectivity index is 1.66. The summed E-state index contributed by atoms with van der Waals surface area (Å²) in [6.45, 7) is 2.36. The molecular weight excluding hydrogens is 336 g/mol. The van der Waals surface area contributed by atoms with E-state index in [0.717, 1.165) is 23.9 Å². The first-order chi connectivity index (χ1) is 11.5. The third kappa shape index (κ3) is 3.61. The summed E-state index contributed by atoms with van der Waals surface area (Å²) in [5.74, 6) is -2.22. The van der Waals surface area contributed by atoms with E-state index in [1.165, 1.54) is 4.31 Å². The van der Waals surface area contributed by atoms with Gasteiger partial charge in [0.25, 0.3) is 0 Å². The molecule has 1 saturated heterocycles. The zero-order chi connectivity index (χ0) is 17.2. The summed E-state index contributed by atoms with van der Waals surface area (Å²) in [5, 5.41) is 0. The molecule has 0 spiro atoms. The van der Waals surface area contributed by atoms with Crippen LogP contribution < -0.4 is 0 Å². The van der Waals surface area contributed by atoms with Crippen LogP contribution in [0.25, 0.3) is 0 Å². The minimum atomic E-state index is -3.81. The maximum Gasteiger partial charge on any atom is 0.243 e. The predicted molar refractivity (Wildman–Crippen MR) is 84.6 cm³/mol. The first-order valence-corrected chi connectivity index (χ1v) is 8.98. The number of pyridine rings is 1. The van der Waals surface area contributed by atoms with Crippen molar-refractivity contribution < 1.29 is 17.2 Å². The minimum Gasteiger partial charge on any atom is -0.295 e. The number of rotatable bonds is 4. The minimum absolute atomic E-state index is 0.223. The highest BCUT2D eigenvalue weighted by Gasteiger charge is 2.29. The van der Waals surface area contributed by atoms with E-state index in [-0.39, 0.29) is 4.90 Å². The van der Waals surface area contributed by atoms with Gasteiger partial charge in [0.15, 0.2) is 11.6 Å². The van der Waals surface area contributed by atoms with Gasteiger partial charge in [0.2, 0.25) is 10.0 Å². The quantitative estimate of drug-likeness (QED) is 0.842. The van der Waals surface area contributed by atoms with Crippen molar-refractivity contribution >= 4 is 10.0 Å². The van der Waals surface area contributed by atoms with Crippen LogP contribution in [0.2, 0.25) is 0 Å². The van der Waals surface area contributed by atoms with Gasteiger partial charge in [-0.3, -0.25) is 9.88 Å². The van der Waals surface area contributed by atoms with Crippen LogP contribution in [0.1, 0.15) is 5.69 Å². The number of piperazine rings is 1.